The largest absolute Gasteiger partial charge is 0.0622 e. The minimum atomic E-state index is 0.580. The van der Waals surface area contributed by atoms with Gasteiger partial charge in [0.05, 0.1) is 0 Å². The molecule has 100 valence electrons. The second-order valence-corrected chi connectivity index (χ2v) is 7.69. The van der Waals surface area contributed by atoms with Gasteiger partial charge >= 0.3 is 0 Å². The van der Waals surface area contributed by atoms with Gasteiger partial charge in [-0.2, -0.15) is 0 Å². The smallest absolute Gasteiger partial charge is 0.0328 e. The van der Waals surface area contributed by atoms with Crippen LogP contribution in [0.25, 0.3) is 0 Å². The summed E-state index contributed by atoms with van der Waals surface area (Å²) >= 11 is 0. The van der Waals surface area contributed by atoms with Crippen molar-refractivity contribution in [1.29, 1.82) is 0 Å². The molecular weight excluding hydrogens is 204 g/mol. The topological polar surface area (TPSA) is 0 Å². The third-order valence-electron chi connectivity index (χ3n) is 6.25. The van der Waals surface area contributed by atoms with Crippen LogP contribution in [0.4, 0.5) is 0 Å². The van der Waals surface area contributed by atoms with Gasteiger partial charge in [0, 0.05) is 0 Å². The molecule has 2 aliphatic carbocycles. The van der Waals surface area contributed by atoms with E-state index in [9.17, 15) is 0 Å². The number of rotatable bonds is 0. The molecule has 0 aromatic carbocycles. The summed E-state index contributed by atoms with van der Waals surface area (Å²) < 4.78 is 0. The molecule has 0 spiro atoms. The molecule has 0 aromatic heterocycles. The Kier molecular flexibility index (Phi) is 4.21. The van der Waals surface area contributed by atoms with Crippen molar-refractivity contribution in [3.63, 3.8) is 0 Å². The van der Waals surface area contributed by atoms with Gasteiger partial charge in [0.15, 0.2) is 0 Å². The minimum absolute atomic E-state index is 0.580. The molecule has 0 amide bonds. The highest BCUT2D eigenvalue weighted by atomic mass is 14.4. The Morgan fingerprint density at radius 1 is 0.824 bits per heavy atom. The highest BCUT2D eigenvalue weighted by Gasteiger charge is 2.35. The first-order valence-corrected chi connectivity index (χ1v) is 8.00. The van der Waals surface area contributed by atoms with Crippen LogP contribution in [0, 0.1) is 29.1 Å². The summed E-state index contributed by atoms with van der Waals surface area (Å²) in [7, 11) is 0. The molecule has 4 unspecified atom stereocenters. The van der Waals surface area contributed by atoms with Crippen LogP contribution in [0.2, 0.25) is 0 Å². The van der Waals surface area contributed by atoms with E-state index in [0.717, 1.165) is 23.7 Å². The summed E-state index contributed by atoms with van der Waals surface area (Å²) in [6.45, 7) is 10.0. The second kappa shape index (κ2) is 5.33. The van der Waals surface area contributed by atoms with Crippen molar-refractivity contribution in [1.82, 2.24) is 0 Å². The van der Waals surface area contributed by atoms with Crippen molar-refractivity contribution in [2.24, 2.45) is 29.1 Å². The second-order valence-electron chi connectivity index (χ2n) is 7.69. The van der Waals surface area contributed by atoms with E-state index in [4.69, 9.17) is 0 Å². The lowest BCUT2D eigenvalue weighted by Crippen LogP contribution is -2.30. The summed E-state index contributed by atoms with van der Waals surface area (Å²) in [6.07, 6.45) is 12.0. The van der Waals surface area contributed by atoms with E-state index in [1.165, 1.54) is 51.4 Å². The van der Waals surface area contributed by atoms with Crippen molar-refractivity contribution in [3.05, 3.63) is 0 Å². The third kappa shape index (κ3) is 3.06. The van der Waals surface area contributed by atoms with Gasteiger partial charge in [-0.15, -0.1) is 0 Å². The zero-order chi connectivity index (χ0) is 12.5. The van der Waals surface area contributed by atoms with Crippen LogP contribution in [-0.2, 0) is 0 Å². The molecule has 0 heterocycles. The standard InChI is InChI=1S/C17H32/c1-13-7-5-6-8-15-10-9-14(2)17(3,4)12-11-16(13)15/h13-16H,5-12H2,1-4H3. The predicted octanol–water partition coefficient (Wildman–Crippen LogP) is 5.67. The molecule has 0 nitrogen and oxygen atoms in total. The Morgan fingerprint density at radius 2 is 1.53 bits per heavy atom. The lowest BCUT2D eigenvalue weighted by Gasteiger charge is -2.40. The molecular formula is C17H32. The van der Waals surface area contributed by atoms with Gasteiger partial charge in [-0.3, -0.25) is 0 Å². The average molecular weight is 236 g/mol. The Balaban J connectivity index is 2.08. The van der Waals surface area contributed by atoms with E-state index in [2.05, 4.69) is 27.7 Å². The minimum Gasteiger partial charge on any atom is -0.0622 e. The van der Waals surface area contributed by atoms with Crippen molar-refractivity contribution < 1.29 is 0 Å². The molecule has 4 atom stereocenters. The lowest BCUT2D eigenvalue weighted by molar-refractivity contribution is 0.102. The van der Waals surface area contributed by atoms with E-state index < -0.39 is 0 Å². The van der Waals surface area contributed by atoms with Gasteiger partial charge in [0.25, 0.3) is 0 Å². The predicted molar refractivity (Wildman–Crippen MR) is 76.0 cm³/mol. The number of hydrogen-bond donors (Lipinski definition) is 0. The molecule has 0 radical (unpaired) electrons. The molecule has 0 saturated heterocycles. The van der Waals surface area contributed by atoms with Crippen LogP contribution >= 0.6 is 0 Å². The molecule has 0 bridgehead atoms. The maximum Gasteiger partial charge on any atom is -0.0328 e. The van der Waals surface area contributed by atoms with Crippen LogP contribution in [0.3, 0.4) is 0 Å². The first-order valence-electron chi connectivity index (χ1n) is 8.00. The van der Waals surface area contributed by atoms with E-state index in [0.29, 0.717) is 5.41 Å². The average Bonchev–Trinajstić information content (AvgIpc) is 2.44. The van der Waals surface area contributed by atoms with Crippen molar-refractivity contribution >= 4 is 0 Å². The molecule has 0 N–H and O–H groups in total. The quantitative estimate of drug-likeness (QED) is 0.508. The Labute approximate surface area is 109 Å². The van der Waals surface area contributed by atoms with Crippen molar-refractivity contribution in [3.8, 4) is 0 Å². The van der Waals surface area contributed by atoms with Crippen molar-refractivity contribution in [2.45, 2.75) is 79.1 Å². The van der Waals surface area contributed by atoms with Gasteiger partial charge in [0.2, 0.25) is 0 Å². The monoisotopic (exact) mass is 236 g/mol. The summed E-state index contributed by atoms with van der Waals surface area (Å²) in [5.41, 5.74) is 0.580. The van der Waals surface area contributed by atoms with Gasteiger partial charge < -0.3 is 0 Å². The maximum atomic E-state index is 2.53. The van der Waals surface area contributed by atoms with Gasteiger partial charge in [-0.1, -0.05) is 53.4 Å². The summed E-state index contributed by atoms with van der Waals surface area (Å²) in [5, 5.41) is 0. The van der Waals surface area contributed by atoms with E-state index in [-0.39, 0.29) is 0 Å². The molecule has 0 aromatic rings. The summed E-state index contributed by atoms with van der Waals surface area (Å²) in [6, 6.07) is 0. The van der Waals surface area contributed by atoms with E-state index in [1.54, 1.807) is 0 Å². The molecule has 17 heavy (non-hydrogen) atoms. The van der Waals surface area contributed by atoms with Crippen LogP contribution < -0.4 is 0 Å². The third-order valence-corrected chi connectivity index (χ3v) is 6.25. The molecule has 2 saturated carbocycles. The molecule has 2 fully saturated rings. The Hall–Kier alpha value is 0. The molecule has 0 aliphatic heterocycles. The number of fused-ring (bicyclic) bond motifs is 1. The zero-order valence-corrected chi connectivity index (χ0v) is 12.5. The normalized spacial score (nSPS) is 43.1. The highest BCUT2D eigenvalue weighted by molar-refractivity contribution is 4.86. The zero-order valence-electron chi connectivity index (χ0n) is 12.5. The number of hydrogen-bond acceptors (Lipinski definition) is 0. The Morgan fingerprint density at radius 3 is 2.29 bits per heavy atom. The maximum absolute atomic E-state index is 2.53. The van der Waals surface area contributed by atoms with Crippen LogP contribution in [-0.4, -0.2) is 0 Å². The van der Waals surface area contributed by atoms with E-state index >= 15 is 0 Å². The summed E-state index contributed by atoms with van der Waals surface area (Å²) in [5.74, 6) is 4.02. The molecule has 2 aliphatic rings. The Bertz CT molecular complexity index is 240. The molecule has 2 rings (SSSR count). The lowest BCUT2D eigenvalue weighted by atomic mass is 9.65. The van der Waals surface area contributed by atoms with E-state index in [1.807, 2.05) is 0 Å². The van der Waals surface area contributed by atoms with Crippen molar-refractivity contribution in [2.75, 3.05) is 0 Å². The fraction of sp³-hybridized carbons (Fsp3) is 1.00. The fourth-order valence-electron chi connectivity index (χ4n) is 4.28. The molecule has 0 heteroatoms. The highest BCUT2D eigenvalue weighted by Crippen LogP contribution is 2.46. The first-order chi connectivity index (χ1) is 8.00. The van der Waals surface area contributed by atoms with Gasteiger partial charge in [0.1, 0.15) is 0 Å². The van der Waals surface area contributed by atoms with Crippen LogP contribution in [0.1, 0.15) is 79.1 Å². The van der Waals surface area contributed by atoms with Gasteiger partial charge in [-0.25, -0.2) is 0 Å². The van der Waals surface area contributed by atoms with Crippen LogP contribution in [0.15, 0.2) is 0 Å². The fourth-order valence-corrected chi connectivity index (χ4v) is 4.28. The summed E-state index contributed by atoms with van der Waals surface area (Å²) in [4.78, 5) is 0. The van der Waals surface area contributed by atoms with Crippen LogP contribution in [0.5, 0.6) is 0 Å². The first kappa shape index (κ1) is 13.4. The SMILES string of the molecule is CC1CCCCC2CCC(C)C(C)(C)CCC12. The van der Waals surface area contributed by atoms with Gasteiger partial charge in [-0.05, 0) is 54.8 Å².